The van der Waals surface area contributed by atoms with E-state index in [0.717, 1.165) is 44.9 Å². The van der Waals surface area contributed by atoms with Gasteiger partial charge in [-0.05, 0) is 51.5 Å². The predicted molar refractivity (Wildman–Crippen MR) is 92.1 cm³/mol. The summed E-state index contributed by atoms with van der Waals surface area (Å²) in [7, 11) is 0. The van der Waals surface area contributed by atoms with Gasteiger partial charge in [0.1, 0.15) is 5.25 Å². The normalized spacial score (nSPS) is 44.4. The van der Waals surface area contributed by atoms with Crippen LogP contribution in [-0.2, 0) is 9.53 Å². The molecule has 0 aromatic rings. The highest BCUT2D eigenvalue weighted by Gasteiger charge is 2.51. The third kappa shape index (κ3) is 3.55. The van der Waals surface area contributed by atoms with E-state index in [0.29, 0.717) is 30.0 Å². The molecule has 4 fully saturated rings. The quantitative estimate of drug-likeness (QED) is 0.674. The molecule has 3 aliphatic heterocycles. The molecule has 0 aromatic carbocycles. The lowest BCUT2D eigenvalue weighted by atomic mass is 9.82. The highest BCUT2D eigenvalue weighted by Crippen LogP contribution is 2.49. The molecule has 130 valence electrons. The Morgan fingerprint density at radius 1 is 1.22 bits per heavy atom. The maximum absolute atomic E-state index is 12.9. The first kappa shape index (κ1) is 16.2. The minimum Gasteiger partial charge on any atom is -0.381 e. The molecule has 3 saturated heterocycles. The van der Waals surface area contributed by atoms with Gasteiger partial charge in [0.25, 0.3) is 0 Å². The Morgan fingerprint density at radius 2 is 2.09 bits per heavy atom. The molecule has 5 nitrogen and oxygen atoms in total. The molecule has 0 spiro atoms. The van der Waals surface area contributed by atoms with E-state index >= 15 is 0 Å². The number of piperidine rings is 1. The molecule has 23 heavy (non-hydrogen) atoms. The standard InChI is InChI=1S/C17H29N3O2S/c1-10-8-13(4-6-18-10)19-17(21)16-14(11-2-3-11)15(20-23-16)12-5-7-22-9-12/h10-16,18,20H,2-9H2,1H3,(H,19,21)/t10?,12-,13?,14?,15?,16?/m0/s1. The zero-order valence-electron chi connectivity index (χ0n) is 13.9. The minimum absolute atomic E-state index is 0.0818. The minimum atomic E-state index is 0.0818. The van der Waals surface area contributed by atoms with Crippen molar-refractivity contribution in [1.29, 1.82) is 0 Å². The van der Waals surface area contributed by atoms with Crippen molar-refractivity contribution in [2.45, 2.75) is 62.4 Å². The Morgan fingerprint density at radius 3 is 2.78 bits per heavy atom. The zero-order valence-corrected chi connectivity index (χ0v) is 14.7. The molecule has 1 saturated carbocycles. The van der Waals surface area contributed by atoms with Crippen LogP contribution in [0.1, 0.15) is 39.0 Å². The van der Waals surface area contributed by atoms with Gasteiger partial charge in [0.05, 0.1) is 6.61 Å². The van der Waals surface area contributed by atoms with Crippen LogP contribution < -0.4 is 15.4 Å². The van der Waals surface area contributed by atoms with Crippen molar-refractivity contribution in [3.63, 3.8) is 0 Å². The van der Waals surface area contributed by atoms with E-state index in [-0.39, 0.29) is 11.2 Å². The molecule has 6 heteroatoms. The van der Waals surface area contributed by atoms with Crippen molar-refractivity contribution in [3.8, 4) is 0 Å². The second kappa shape index (κ2) is 6.90. The summed E-state index contributed by atoms with van der Waals surface area (Å²) in [5.41, 5.74) is 0. The van der Waals surface area contributed by atoms with Crippen molar-refractivity contribution in [3.05, 3.63) is 0 Å². The number of ether oxygens (including phenoxy) is 1. The fourth-order valence-corrected chi connectivity index (χ4v) is 5.92. The van der Waals surface area contributed by atoms with Crippen LogP contribution >= 0.6 is 11.9 Å². The van der Waals surface area contributed by atoms with Crippen LogP contribution in [0, 0.1) is 17.8 Å². The molecule has 6 atom stereocenters. The summed E-state index contributed by atoms with van der Waals surface area (Å²) < 4.78 is 9.20. The highest BCUT2D eigenvalue weighted by atomic mass is 32.2. The van der Waals surface area contributed by atoms with Gasteiger partial charge in [-0.25, -0.2) is 0 Å². The van der Waals surface area contributed by atoms with Crippen molar-refractivity contribution >= 4 is 17.9 Å². The van der Waals surface area contributed by atoms with Gasteiger partial charge in [-0.3, -0.25) is 9.52 Å². The van der Waals surface area contributed by atoms with Crippen LogP contribution in [0.5, 0.6) is 0 Å². The Bertz CT molecular complexity index is 440. The number of carbonyl (C=O) groups excluding carboxylic acids is 1. The topological polar surface area (TPSA) is 62.4 Å². The number of rotatable bonds is 4. The van der Waals surface area contributed by atoms with E-state index in [1.165, 1.54) is 12.8 Å². The molecular formula is C17H29N3O2S. The van der Waals surface area contributed by atoms with Crippen LogP contribution in [0.4, 0.5) is 0 Å². The summed E-state index contributed by atoms with van der Waals surface area (Å²) in [5.74, 6) is 2.08. The molecule has 4 rings (SSSR count). The van der Waals surface area contributed by atoms with Gasteiger partial charge >= 0.3 is 0 Å². The zero-order chi connectivity index (χ0) is 15.8. The van der Waals surface area contributed by atoms with Crippen LogP contribution in [0.3, 0.4) is 0 Å². The van der Waals surface area contributed by atoms with Crippen molar-refractivity contribution in [2.24, 2.45) is 17.8 Å². The molecule has 1 aliphatic carbocycles. The molecule has 0 bridgehead atoms. The number of hydrogen-bond donors (Lipinski definition) is 3. The lowest BCUT2D eigenvalue weighted by Crippen LogP contribution is -2.50. The summed E-state index contributed by atoms with van der Waals surface area (Å²) in [6.07, 6.45) is 5.83. The van der Waals surface area contributed by atoms with Crippen molar-refractivity contribution in [2.75, 3.05) is 19.8 Å². The average Bonchev–Trinajstić information content (AvgIpc) is 3.06. The Balaban J connectivity index is 1.39. The average molecular weight is 340 g/mol. The van der Waals surface area contributed by atoms with Gasteiger partial charge in [-0.1, -0.05) is 11.9 Å². The summed E-state index contributed by atoms with van der Waals surface area (Å²) >= 11 is 1.68. The molecule has 0 radical (unpaired) electrons. The van der Waals surface area contributed by atoms with E-state index < -0.39 is 0 Å². The molecular weight excluding hydrogens is 310 g/mol. The highest BCUT2D eigenvalue weighted by molar-refractivity contribution is 7.99. The van der Waals surface area contributed by atoms with Crippen molar-refractivity contribution < 1.29 is 9.53 Å². The van der Waals surface area contributed by atoms with Crippen LogP contribution in [0.25, 0.3) is 0 Å². The number of hydrogen-bond acceptors (Lipinski definition) is 5. The molecule has 4 aliphatic rings. The monoisotopic (exact) mass is 339 g/mol. The van der Waals surface area contributed by atoms with Crippen LogP contribution in [-0.4, -0.2) is 49.0 Å². The van der Waals surface area contributed by atoms with E-state index in [9.17, 15) is 4.79 Å². The molecule has 5 unspecified atom stereocenters. The maximum Gasteiger partial charge on any atom is 0.235 e. The Labute approximate surface area is 143 Å². The molecule has 1 amide bonds. The fourth-order valence-electron chi connectivity index (χ4n) is 4.54. The van der Waals surface area contributed by atoms with Gasteiger partial charge in [0.2, 0.25) is 5.91 Å². The van der Waals surface area contributed by atoms with E-state index in [4.69, 9.17) is 4.74 Å². The SMILES string of the molecule is CC1CC(NC(=O)C2SNC([C@H]3CCOC3)C2C2CC2)CCN1. The van der Waals surface area contributed by atoms with Gasteiger partial charge in [0.15, 0.2) is 0 Å². The first-order valence-electron chi connectivity index (χ1n) is 9.25. The first-order valence-corrected chi connectivity index (χ1v) is 10.1. The van der Waals surface area contributed by atoms with E-state index in [1.54, 1.807) is 11.9 Å². The third-order valence-electron chi connectivity index (χ3n) is 5.96. The van der Waals surface area contributed by atoms with Gasteiger partial charge in [-0.15, -0.1) is 0 Å². The lowest BCUT2D eigenvalue weighted by Gasteiger charge is -2.31. The predicted octanol–water partition coefficient (Wildman–Crippen LogP) is 1.29. The van der Waals surface area contributed by atoms with E-state index in [1.807, 2.05) is 0 Å². The molecule has 3 N–H and O–H groups in total. The van der Waals surface area contributed by atoms with Gasteiger partial charge in [0, 0.05) is 36.6 Å². The summed E-state index contributed by atoms with van der Waals surface area (Å²) in [6.45, 7) is 4.96. The van der Waals surface area contributed by atoms with E-state index in [2.05, 4.69) is 22.3 Å². The fraction of sp³-hybridized carbons (Fsp3) is 0.941. The lowest BCUT2D eigenvalue weighted by molar-refractivity contribution is -0.122. The number of amides is 1. The molecule has 0 aromatic heterocycles. The Hall–Kier alpha value is -0.300. The number of carbonyl (C=O) groups is 1. The first-order chi connectivity index (χ1) is 11.2. The molecule has 3 heterocycles. The largest absolute Gasteiger partial charge is 0.381 e. The number of nitrogens with one attached hydrogen (secondary N) is 3. The summed E-state index contributed by atoms with van der Waals surface area (Å²) in [4.78, 5) is 12.9. The van der Waals surface area contributed by atoms with Gasteiger partial charge < -0.3 is 15.4 Å². The third-order valence-corrected chi connectivity index (χ3v) is 7.15. The summed E-state index contributed by atoms with van der Waals surface area (Å²) in [6, 6.07) is 1.30. The Kier molecular flexibility index (Phi) is 4.86. The second-order valence-electron chi connectivity index (χ2n) is 7.81. The van der Waals surface area contributed by atoms with Crippen LogP contribution in [0.2, 0.25) is 0 Å². The van der Waals surface area contributed by atoms with Crippen LogP contribution in [0.15, 0.2) is 0 Å². The smallest absolute Gasteiger partial charge is 0.235 e. The van der Waals surface area contributed by atoms with Gasteiger partial charge in [-0.2, -0.15) is 0 Å². The second-order valence-corrected chi connectivity index (χ2v) is 8.78. The summed E-state index contributed by atoms with van der Waals surface area (Å²) in [5, 5.41) is 6.88. The maximum atomic E-state index is 12.9. The van der Waals surface area contributed by atoms with Crippen molar-refractivity contribution in [1.82, 2.24) is 15.4 Å².